The molecule has 4 rings (SSSR count). The van der Waals surface area contributed by atoms with E-state index in [1.165, 1.54) is 12.1 Å². The Labute approximate surface area is 163 Å². The van der Waals surface area contributed by atoms with Crippen molar-refractivity contribution in [3.63, 3.8) is 0 Å². The average molecular weight is 398 g/mol. The number of H-pyrrole nitrogens is 1. The lowest BCUT2D eigenvalue weighted by Crippen LogP contribution is -2.28. The van der Waals surface area contributed by atoms with Gasteiger partial charge in [-0.2, -0.15) is 0 Å². The number of imidazole rings is 1. The number of rotatable bonds is 7. The minimum atomic E-state index is -3.62. The van der Waals surface area contributed by atoms with Gasteiger partial charge in [-0.3, -0.25) is 4.79 Å². The van der Waals surface area contributed by atoms with Gasteiger partial charge >= 0.3 is 0 Å². The van der Waals surface area contributed by atoms with Crippen LogP contribution in [-0.2, 0) is 10.0 Å². The summed E-state index contributed by atoms with van der Waals surface area (Å²) in [5.74, 6) is 0.725. The van der Waals surface area contributed by atoms with Gasteiger partial charge in [0.25, 0.3) is 5.91 Å². The number of hydrogen-bond acceptors (Lipinski definition) is 4. The van der Waals surface area contributed by atoms with Crippen LogP contribution in [0.1, 0.15) is 42.0 Å². The number of aromatic nitrogens is 2. The highest BCUT2D eigenvalue weighted by atomic mass is 32.2. The highest BCUT2D eigenvalue weighted by molar-refractivity contribution is 7.89. The molecule has 7 nitrogen and oxygen atoms in total. The Morgan fingerprint density at radius 2 is 2.00 bits per heavy atom. The zero-order valence-electron chi connectivity index (χ0n) is 15.5. The van der Waals surface area contributed by atoms with Gasteiger partial charge in [-0.1, -0.05) is 18.2 Å². The lowest BCUT2D eigenvalue weighted by molar-refractivity contribution is 0.0938. The molecule has 1 heterocycles. The minimum Gasteiger partial charge on any atom is -0.342 e. The molecule has 28 heavy (non-hydrogen) atoms. The maximum atomic E-state index is 12.6. The summed E-state index contributed by atoms with van der Waals surface area (Å²) < 4.78 is 27.5. The van der Waals surface area contributed by atoms with Crippen LogP contribution in [0.4, 0.5) is 0 Å². The normalized spacial score (nSPS) is 15.5. The predicted molar refractivity (Wildman–Crippen MR) is 106 cm³/mol. The third-order valence-corrected chi connectivity index (χ3v) is 6.25. The maximum Gasteiger partial charge on any atom is 0.251 e. The Hall–Kier alpha value is -2.71. The molecule has 0 spiro atoms. The Balaban J connectivity index is 1.48. The molecular formula is C20H22N4O3S. The zero-order chi connectivity index (χ0) is 19.7. The molecule has 0 bridgehead atoms. The number of carbonyl (C=O) groups is 1. The Kier molecular flexibility index (Phi) is 4.91. The summed E-state index contributed by atoms with van der Waals surface area (Å²) in [6, 6.07) is 13.3. The monoisotopic (exact) mass is 398 g/mol. The molecule has 0 radical (unpaired) electrons. The van der Waals surface area contributed by atoms with Crippen molar-refractivity contribution in [2.45, 2.75) is 30.7 Å². The van der Waals surface area contributed by atoms with E-state index in [0.717, 1.165) is 23.9 Å². The van der Waals surface area contributed by atoms with Crippen molar-refractivity contribution in [2.24, 2.45) is 5.92 Å². The van der Waals surface area contributed by atoms with E-state index in [-0.39, 0.29) is 22.4 Å². The number of nitrogens with zero attached hydrogens (tertiary/aromatic N) is 1. The van der Waals surface area contributed by atoms with Crippen LogP contribution in [0.5, 0.6) is 0 Å². The molecule has 0 aliphatic heterocycles. The third kappa shape index (κ3) is 4.07. The quantitative estimate of drug-likeness (QED) is 0.569. The molecule has 1 unspecified atom stereocenters. The second kappa shape index (κ2) is 7.37. The number of carbonyl (C=O) groups excluding carboxylic acids is 1. The van der Waals surface area contributed by atoms with Crippen molar-refractivity contribution >= 4 is 27.0 Å². The van der Waals surface area contributed by atoms with Gasteiger partial charge in [-0.05, 0) is 56.0 Å². The summed E-state index contributed by atoms with van der Waals surface area (Å²) in [4.78, 5) is 20.4. The fourth-order valence-corrected chi connectivity index (χ4v) is 4.12. The number of hydrogen-bond donors (Lipinski definition) is 3. The van der Waals surface area contributed by atoms with E-state index in [9.17, 15) is 13.2 Å². The van der Waals surface area contributed by atoms with Gasteiger partial charge in [0, 0.05) is 12.1 Å². The van der Waals surface area contributed by atoms with Gasteiger partial charge in [0.05, 0.1) is 22.0 Å². The van der Waals surface area contributed by atoms with Crippen molar-refractivity contribution in [2.75, 3.05) is 6.54 Å². The molecule has 0 saturated heterocycles. The van der Waals surface area contributed by atoms with Crippen molar-refractivity contribution in [1.29, 1.82) is 0 Å². The molecule has 146 valence electrons. The molecule has 1 saturated carbocycles. The van der Waals surface area contributed by atoms with Gasteiger partial charge in [-0.25, -0.2) is 18.1 Å². The number of para-hydroxylation sites is 2. The number of amides is 1. The Bertz CT molecular complexity index is 1090. The van der Waals surface area contributed by atoms with Crippen LogP contribution < -0.4 is 10.0 Å². The number of aromatic amines is 1. The molecule has 1 amide bonds. The second-order valence-electron chi connectivity index (χ2n) is 7.16. The Morgan fingerprint density at radius 3 is 2.75 bits per heavy atom. The van der Waals surface area contributed by atoms with E-state index < -0.39 is 10.0 Å². The molecule has 1 aliphatic carbocycles. The summed E-state index contributed by atoms with van der Waals surface area (Å²) >= 11 is 0. The standard InChI is InChI=1S/C20H22N4O3S/c1-13(19-23-17-7-2-3-8-18(17)24-19)22-20(25)15-5-4-6-16(11-15)28(26,27)21-12-14-9-10-14/h2-8,11,13-14,21H,9-10,12H2,1H3,(H,22,25)(H,23,24). The van der Waals surface area contributed by atoms with Crippen LogP contribution in [0, 0.1) is 5.92 Å². The summed E-state index contributed by atoms with van der Waals surface area (Å²) in [5.41, 5.74) is 2.01. The summed E-state index contributed by atoms with van der Waals surface area (Å²) in [6.07, 6.45) is 2.12. The SMILES string of the molecule is CC(NC(=O)c1cccc(S(=O)(=O)NCC2CC2)c1)c1nc2ccccc2[nH]1. The van der Waals surface area contributed by atoms with Gasteiger partial charge in [0.2, 0.25) is 10.0 Å². The van der Waals surface area contributed by atoms with Gasteiger partial charge < -0.3 is 10.3 Å². The van der Waals surface area contributed by atoms with Crippen LogP contribution in [0.15, 0.2) is 53.4 Å². The largest absolute Gasteiger partial charge is 0.342 e. The van der Waals surface area contributed by atoms with Crippen LogP contribution in [-0.4, -0.2) is 30.8 Å². The van der Waals surface area contributed by atoms with Crippen LogP contribution in [0.2, 0.25) is 0 Å². The van der Waals surface area contributed by atoms with Gasteiger partial charge in [0.15, 0.2) is 0 Å². The molecule has 3 aromatic rings. The molecule has 3 N–H and O–H groups in total. The Morgan fingerprint density at radius 1 is 1.21 bits per heavy atom. The van der Waals surface area contributed by atoms with E-state index in [4.69, 9.17) is 0 Å². The fourth-order valence-electron chi connectivity index (χ4n) is 2.96. The van der Waals surface area contributed by atoms with Gasteiger partial charge in [-0.15, -0.1) is 0 Å². The maximum absolute atomic E-state index is 12.6. The van der Waals surface area contributed by atoms with E-state index in [1.54, 1.807) is 12.1 Å². The molecule has 2 aromatic carbocycles. The van der Waals surface area contributed by atoms with E-state index in [0.29, 0.717) is 18.3 Å². The van der Waals surface area contributed by atoms with Crippen molar-refractivity contribution in [1.82, 2.24) is 20.0 Å². The van der Waals surface area contributed by atoms with E-state index in [2.05, 4.69) is 20.0 Å². The predicted octanol–water partition coefficient (Wildman–Crippen LogP) is 2.74. The first-order chi connectivity index (χ1) is 13.4. The number of benzene rings is 2. The molecule has 1 fully saturated rings. The summed E-state index contributed by atoms with van der Waals surface area (Å²) in [7, 11) is -3.62. The fraction of sp³-hybridized carbons (Fsp3) is 0.300. The van der Waals surface area contributed by atoms with Crippen LogP contribution in [0.25, 0.3) is 11.0 Å². The van der Waals surface area contributed by atoms with Gasteiger partial charge in [0.1, 0.15) is 5.82 Å². The van der Waals surface area contributed by atoms with Crippen molar-refractivity contribution < 1.29 is 13.2 Å². The highest BCUT2D eigenvalue weighted by Crippen LogP contribution is 2.28. The molecular weight excluding hydrogens is 376 g/mol. The first-order valence-corrected chi connectivity index (χ1v) is 10.8. The summed E-state index contributed by atoms with van der Waals surface area (Å²) in [6.45, 7) is 2.27. The summed E-state index contributed by atoms with van der Waals surface area (Å²) in [5, 5.41) is 2.86. The highest BCUT2D eigenvalue weighted by Gasteiger charge is 2.25. The average Bonchev–Trinajstić information content (AvgIpc) is 3.42. The van der Waals surface area contributed by atoms with Crippen molar-refractivity contribution in [3.05, 3.63) is 59.9 Å². The van der Waals surface area contributed by atoms with Crippen molar-refractivity contribution in [3.8, 4) is 0 Å². The minimum absolute atomic E-state index is 0.0946. The third-order valence-electron chi connectivity index (χ3n) is 4.83. The lowest BCUT2D eigenvalue weighted by atomic mass is 10.2. The zero-order valence-corrected chi connectivity index (χ0v) is 16.3. The second-order valence-corrected chi connectivity index (χ2v) is 8.92. The molecule has 1 aliphatic rings. The number of fused-ring (bicyclic) bond motifs is 1. The number of sulfonamides is 1. The number of nitrogens with one attached hydrogen (secondary N) is 3. The van der Waals surface area contributed by atoms with E-state index >= 15 is 0 Å². The molecule has 1 atom stereocenters. The first-order valence-electron chi connectivity index (χ1n) is 9.27. The van der Waals surface area contributed by atoms with Crippen LogP contribution >= 0.6 is 0 Å². The topological polar surface area (TPSA) is 104 Å². The lowest BCUT2D eigenvalue weighted by Gasteiger charge is -2.12. The first kappa shape index (κ1) is 18.6. The van der Waals surface area contributed by atoms with Crippen LogP contribution in [0.3, 0.4) is 0 Å². The van der Waals surface area contributed by atoms with E-state index in [1.807, 2.05) is 31.2 Å². The molecule has 1 aromatic heterocycles. The molecule has 8 heteroatoms. The smallest absolute Gasteiger partial charge is 0.251 e.